The molecule has 3 fully saturated rings. The number of fused-ring (bicyclic) bond motifs is 6. The lowest BCUT2D eigenvalue weighted by Gasteiger charge is -2.30. The molecule has 564 valence electrons. The summed E-state index contributed by atoms with van der Waals surface area (Å²) in [4.78, 5) is 81.6. The topological polar surface area (TPSA) is 317 Å². The van der Waals surface area contributed by atoms with E-state index in [9.17, 15) is 18.8 Å². The van der Waals surface area contributed by atoms with Gasteiger partial charge in [-0.05, 0) is 148 Å². The number of piperidine rings is 1. The standard InChI is InChI=1S/C29H29BrN6O.C28H26Cl2FN7O.C27H26N6O2/c30-22-6-3-4-19(14-22)15-25(37)33-17-18-8-10-20(11-9-18)29-35-26(27-28(31)32-12-13-36(27)29)24-16-21-5-1-2-7-23(21)34-24;29-25-18(11-19(31)26(30)37-25)13-22(39)34-14-15-5-7-16(8-6-15)28-36-23(24-27(32)33-9-10-38(24)28)21-12-17-3-1-2-4-20(17)35-21;28-25-24-23(21-6-7-22-20(16-21)8-11-29-22)31-26(33(24)15-12-30-25)19-9-13-32(14-10-19)27(34)35-17-18-4-2-1-3-5-18/h1-7,12-14,16,18,20,34H,8-11,15,17H2,(H2,31,32)(H,33,37);1-4,9-12,15-16,35H,5-8,13-14H2,(H2,32,33)(H,34,39);1-8,11-12,15-16,19,29H,9-10,13-14,17H2,(H2,28,30). The van der Waals surface area contributed by atoms with Crippen molar-refractivity contribution < 1.29 is 23.5 Å². The number of hydrogen-bond acceptors (Lipinski definition) is 14. The minimum absolute atomic E-state index is 0.0339. The van der Waals surface area contributed by atoms with Crippen molar-refractivity contribution in [3.8, 4) is 34.0 Å². The number of carbonyl (C=O) groups is 3. The summed E-state index contributed by atoms with van der Waals surface area (Å²) in [5.41, 5.74) is 32.3. The summed E-state index contributed by atoms with van der Waals surface area (Å²) in [5, 5.41) is 9.21. The van der Waals surface area contributed by atoms with Crippen LogP contribution in [0, 0.1) is 17.7 Å². The molecule has 10 aromatic heterocycles. The molecule has 0 bridgehead atoms. The quantitative estimate of drug-likeness (QED) is 0.0417. The molecular formula is C84H81BrCl2FN19O4. The van der Waals surface area contributed by atoms with Gasteiger partial charge < -0.3 is 52.4 Å². The smallest absolute Gasteiger partial charge is 0.410 e. The highest BCUT2D eigenvalue weighted by molar-refractivity contribution is 9.10. The molecular weight excluding hydrogens is 1510 g/mol. The number of H-pyrrole nitrogens is 3. The van der Waals surface area contributed by atoms with Crippen LogP contribution in [0.15, 0.2) is 193 Å². The number of nitrogens with zero attached hydrogens (tertiary/aromatic N) is 11. The fraction of sp³-hybridized carbons (Fsp3) is 0.262. The third-order valence-corrected chi connectivity index (χ3v) is 22.8. The molecule has 3 aliphatic rings. The summed E-state index contributed by atoms with van der Waals surface area (Å²) in [5.74, 6) is 5.11. The monoisotopic (exact) mass is 1590 g/mol. The molecule has 2 saturated carbocycles. The zero-order valence-electron chi connectivity index (χ0n) is 60.6. The van der Waals surface area contributed by atoms with Gasteiger partial charge in [0.25, 0.3) is 0 Å². The number of benzene rings is 5. The van der Waals surface area contributed by atoms with E-state index in [0.29, 0.717) is 66.8 Å². The number of nitrogens with two attached hydrogens (primary N) is 3. The fourth-order valence-corrected chi connectivity index (χ4v) is 16.8. The van der Waals surface area contributed by atoms with Crippen LogP contribution in [0.2, 0.25) is 10.3 Å². The average molecular weight is 1590 g/mol. The third kappa shape index (κ3) is 16.1. The molecule has 15 aromatic rings. The van der Waals surface area contributed by atoms with E-state index < -0.39 is 5.82 Å². The molecule has 0 unspecified atom stereocenters. The number of pyridine rings is 1. The fourth-order valence-electron chi connectivity index (χ4n) is 15.9. The molecule has 0 atom stereocenters. The molecule has 18 rings (SSSR count). The van der Waals surface area contributed by atoms with E-state index >= 15 is 0 Å². The summed E-state index contributed by atoms with van der Waals surface area (Å²) in [6.45, 7) is 2.80. The van der Waals surface area contributed by atoms with E-state index in [-0.39, 0.29) is 53.1 Å². The predicted molar refractivity (Wildman–Crippen MR) is 435 cm³/mol. The number of rotatable bonds is 16. The Balaban J connectivity index is 0.000000126. The SMILES string of the molecule is Nc1nccn2c(C3CCC(CNC(=O)Cc4cc(F)c(Cl)nc4Cl)CC3)nc(-c3cc4ccccc4[nH]3)c12.Nc1nccn2c(C3CCC(CNC(=O)Cc4cccc(Br)c4)CC3)nc(-c3cc4ccccc4[nH]3)c12.Nc1nccn2c(C3CCN(C(=O)OCc4ccccc4)CC3)nc(-c3ccc4[nH]ccc4c3)c12. The summed E-state index contributed by atoms with van der Waals surface area (Å²) < 4.78 is 26.5. The van der Waals surface area contributed by atoms with Gasteiger partial charge in [0.1, 0.15) is 80.3 Å². The van der Waals surface area contributed by atoms with Crippen molar-refractivity contribution in [2.75, 3.05) is 43.4 Å². The number of hydrogen-bond donors (Lipinski definition) is 8. The summed E-state index contributed by atoms with van der Waals surface area (Å²) in [6, 6.07) is 47.6. The maximum atomic E-state index is 13.7. The van der Waals surface area contributed by atoms with Crippen LogP contribution >= 0.6 is 39.1 Å². The van der Waals surface area contributed by atoms with Crippen molar-refractivity contribution in [2.24, 2.45) is 11.8 Å². The molecule has 1 saturated heterocycles. The van der Waals surface area contributed by atoms with Gasteiger partial charge in [-0.15, -0.1) is 0 Å². The first-order chi connectivity index (χ1) is 54.1. The second-order valence-electron chi connectivity index (χ2n) is 28.9. The van der Waals surface area contributed by atoms with Gasteiger partial charge in [-0.1, -0.05) is 124 Å². The highest BCUT2D eigenvalue weighted by Crippen LogP contribution is 2.42. The lowest BCUT2D eigenvalue weighted by atomic mass is 9.81. The lowest BCUT2D eigenvalue weighted by Crippen LogP contribution is -2.38. The Hall–Kier alpha value is -11.7. The van der Waals surface area contributed by atoms with Gasteiger partial charge in [-0.2, -0.15) is 0 Å². The first-order valence-electron chi connectivity index (χ1n) is 37.4. The van der Waals surface area contributed by atoms with E-state index in [1.165, 1.54) is 0 Å². The molecule has 3 amide bonds. The number of halogens is 4. The number of imidazole rings is 3. The minimum atomic E-state index is -0.695. The Morgan fingerprint density at radius 1 is 0.514 bits per heavy atom. The number of anilines is 3. The number of nitrogens with one attached hydrogen (secondary N) is 5. The van der Waals surface area contributed by atoms with Crippen LogP contribution in [0.25, 0.3) is 83.3 Å². The second-order valence-corrected chi connectivity index (χ2v) is 30.5. The van der Waals surface area contributed by atoms with Crippen LogP contribution in [0.1, 0.15) is 116 Å². The maximum absolute atomic E-state index is 13.7. The van der Waals surface area contributed by atoms with Crippen LogP contribution in [-0.2, 0) is 33.8 Å². The predicted octanol–water partition coefficient (Wildman–Crippen LogP) is 16.8. The molecule has 0 spiro atoms. The van der Waals surface area contributed by atoms with E-state index in [2.05, 4.69) is 123 Å². The third-order valence-electron chi connectivity index (χ3n) is 21.7. The number of para-hydroxylation sites is 2. The zero-order chi connectivity index (χ0) is 76.2. The van der Waals surface area contributed by atoms with Crippen molar-refractivity contribution in [1.29, 1.82) is 0 Å². The molecule has 2 aliphatic carbocycles. The van der Waals surface area contributed by atoms with Gasteiger partial charge in [-0.3, -0.25) is 22.8 Å². The summed E-state index contributed by atoms with van der Waals surface area (Å²) in [7, 11) is 0. The normalized spacial score (nSPS) is 16.7. The van der Waals surface area contributed by atoms with Crippen molar-refractivity contribution in [3.63, 3.8) is 0 Å². The zero-order valence-corrected chi connectivity index (χ0v) is 63.7. The molecule has 11 heterocycles. The number of amides is 3. The Labute approximate surface area is 656 Å². The number of ether oxygens (including phenoxy) is 1. The van der Waals surface area contributed by atoms with E-state index in [0.717, 1.165) is 193 Å². The van der Waals surface area contributed by atoms with Crippen LogP contribution < -0.4 is 27.8 Å². The minimum Gasteiger partial charge on any atom is -0.445 e. The second kappa shape index (κ2) is 32.5. The molecule has 111 heavy (non-hydrogen) atoms. The Bertz CT molecular complexity index is 5840. The lowest BCUT2D eigenvalue weighted by molar-refractivity contribution is -0.121. The van der Waals surface area contributed by atoms with Gasteiger partial charge >= 0.3 is 6.09 Å². The van der Waals surface area contributed by atoms with Gasteiger partial charge in [0.05, 0.1) is 24.2 Å². The molecule has 27 heteroatoms. The first kappa shape index (κ1) is 73.5. The van der Waals surface area contributed by atoms with Crippen molar-refractivity contribution in [2.45, 2.75) is 101 Å². The molecule has 1 aliphatic heterocycles. The maximum Gasteiger partial charge on any atom is 0.410 e. The molecule has 0 radical (unpaired) electrons. The molecule has 5 aromatic carbocycles. The van der Waals surface area contributed by atoms with E-state index in [1.54, 1.807) is 23.5 Å². The average Bonchev–Trinajstić information content (AvgIpc) is 1.62. The Kier molecular flexibility index (Phi) is 21.5. The van der Waals surface area contributed by atoms with Crippen LogP contribution in [0.3, 0.4) is 0 Å². The van der Waals surface area contributed by atoms with E-state index in [4.69, 9.17) is 60.1 Å². The molecule has 11 N–H and O–H groups in total. The van der Waals surface area contributed by atoms with Crippen molar-refractivity contribution in [1.82, 2.24) is 78.6 Å². The van der Waals surface area contributed by atoms with Crippen LogP contribution in [0.4, 0.5) is 26.6 Å². The van der Waals surface area contributed by atoms with Gasteiger partial charge in [0, 0.05) is 136 Å². The number of carbonyl (C=O) groups excluding carboxylic acids is 3. The van der Waals surface area contributed by atoms with Gasteiger partial charge in [0.2, 0.25) is 11.8 Å². The Morgan fingerprint density at radius 2 is 1.01 bits per heavy atom. The van der Waals surface area contributed by atoms with Crippen molar-refractivity contribution in [3.05, 3.63) is 244 Å². The van der Waals surface area contributed by atoms with Crippen molar-refractivity contribution >= 4 is 124 Å². The number of aromatic amines is 3. The van der Waals surface area contributed by atoms with Gasteiger partial charge in [-0.25, -0.2) is 44.1 Å². The first-order valence-corrected chi connectivity index (χ1v) is 39.0. The van der Waals surface area contributed by atoms with E-state index in [1.807, 2.05) is 116 Å². The number of aromatic nitrogens is 13. The number of likely N-dealkylation sites (tertiary alicyclic amines) is 1. The summed E-state index contributed by atoms with van der Waals surface area (Å²) >= 11 is 15.1. The van der Waals surface area contributed by atoms with Crippen LogP contribution in [0.5, 0.6) is 0 Å². The Morgan fingerprint density at radius 3 is 1.56 bits per heavy atom. The molecule has 23 nitrogen and oxygen atoms in total. The highest BCUT2D eigenvalue weighted by atomic mass is 79.9. The van der Waals surface area contributed by atoms with Crippen LogP contribution in [-0.4, -0.2) is 112 Å². The summed E-state index contributed by atoms with van der Waals surface area (Å²) in [6.07, 6.45) is 22.5. The number of nitrogen functional groups attached to an aromatic ring is 3. The highest BCUT2D eigenvalue weighted by Gasteiger charge is 2.33. The van der Waals surface area contributed by atoms with Gasteiger partial charge in [0.15, 0.2) is 11.0 Å². The largest absolute Gasteiger partial charge is 0.445 e.